The zero-order valence-corrected chi connectivity index (χ0v) is 11.7. The average molecular weight is 260 g/mol. The van der Waals surface area contributed by atoms with Crippen LogP contribution < -0.4 is 10.2 Å². The lowest BCUT2D eigenvalue weighted by molar-refractivity contribution is -0.126. The van der Waals surface area contributed by atoms with Crippen LogP contribution in [0.25, 0.3) is 0 Å². The summed E-state index contributed by atoms with van der Waals surface area (Å²) in [7, 11) is 0. The summed E-state index contributed by atoms with van der Waals surface area (Å²) >= 11 is 0. The van der Waals surface area contributed by atoms with Crippen molar-refractivity contribution in [1.29, 1.82) is 0 Å². The standard InChI is InChI=1S/C15H20N2O2/c1-4-16-15(19)12-8-14(18)17(9-12)13-7-5-6-10(2)11(13)3/h5-7,12H,4,8-9H2,1-3H3,(H,16,19). The molecule has 0 bridgehead atoms. The number of benzene rings is 1. The van der Waals surface area contributed by atoms with E-state index in [1.165, 1.54) is 0 Å². The molecule has 4 heteroatoms. The van der Waals surface area contributed by atoms with E-state index in [0.717, 1.165) is 16.8 Å². The first-order valence-corrected chi connectivity index (χ1v) is 6.69. The SMILES string of the molecule is CCNC(=O)C1CC(=O)N(c2cccc(C)c2C)C1. The Balaban J connectivity index is 2.20. The molecular formula is C15H20N2O2. The van der Waals surface area contributed by atoms with Gasteiger partial charge in [-0.1, -0.05) is 12.1 Å². The van der Waals surface area contributed by atoms with Crippen molar-refractivity contribution in [2.24, 2.45) is 5.92 Å². The Kier molecular flexibility index (Phi) is 3.88. The van der Waals surface area contributed by atoms with Crippen molar-refractivity contribution in [1.82, 2.24) is 5.32 Å². The summed E-state index contributed by atoms with van der Waals surface area (Å²) in [5.41, 5.74) is 3.19. The third kappa shape index (κ3) is 2.62. The first-order chi connectivity index (χ1) is 9.04. The van der Waals surface area contributed by atoms with Crippen molar-refractivity contribution in [3.05, 3.63) is 29.3 Å². The number of hydrogen-bond donors (Lipinski definition) is 1. The molecule has 0 spiro atoms. The minimum atomic E-state index is -0.229. The highest BCUT2D eigenvalue weighted by Gasteiger charge is 2.35. The van der Waals surface area contributed by atoms with Crippen molar-refractivity contribution in [3.8, 4) is 0 Å². The van der Waals surface area contributed by atoms with Crippen LogP contribution in [0.4, 0.5) is 5.69 Å². The van der Waals surface area contributed by atoms with Gasteiger partial charge >= 0.3 is 0 Å². The van der Waals surface area contributed by atoms with Crippen LogP contribution in [0.2, 0.25) is 0 Å². The topological polar surface area (TPSA) is 49.4 Å². The molecule has 1 heterocycles. The molecule has 0 aliphatic carbocycles. The largest absolute Gasteiger partial charge is 0.356 e. The van der Waals surface area contributed by atoms with Gasteiger partial charge in [0.2, 0.25) is 11.8 Å². The second kappa shape index (κ2) is 5.43. The molecule has 1 atom stereocenters. The predicted octanol–water partition coefficient (Wildman–Crippen LogP) is 1.79. The van der Waals surface area contributed by atoms with Gasteiger partial charge in [-0.2, -0.15) is 0 Å². The van der Waals surface area contributed by atoms with E-state index in [2.05, 4.69) is 5.32 Å². The molecular weight excluding hydrogens is 240 g/mol. The van der Waals surface area contributed by atoms with Gasteiger partial charge in [0.25, 0.3) is 0 Å². The number of carbonyl (C=O) groups is 2. The molecule has 1 N–H and O–H groups in total. The van der Waals surface area contributed by atoms with Crippen LogP contribution in [0.1, 0.15) is 24.5 Å². The highest BCUT2D eigenvalue weighted by Crippen LogP contribution is 2.29. The Morgan fingerprint density at radius 2 is 2.16 bits per heavy atom. The fraction of sp³-hybridized carbons (Fsp3) is 0.467. The summed E-state index contributed by atoms with van der Waals surface area (Å²) in [6.45, 7) is 7.01. The maximum absolute atomic E-state index is 12.1. The van der Waals surface area contributed by atoms with Gasteiger partial charge in [-0.05, 0) is 38.0 Å². The quantitative estimate of drug-likeness (QED) is 0.900. The smallest absolute Gasteiger partial charge is 0.227 e. The molecule has 1 aromatic carbocycles. The lowest BCUT2D eigenvalue weighted by Crippen LogP contribution is -2.32. The Morgan fingerprint density at radius 1 is 1.42 bits per heavy atom. The average Bonchev–Trinajstić information content (AvgIpc) is 2.75. The predicted molar refractivity (Wildman–Crippen MR) is 75.1 cm³/mol. The minimum Gasteiger partial charge on any atom is -0.356 e. The molecule has 1 aliphatic heterocycles. The highest BCUT2D eigenvalue weighted by atomic mass is 16.2. The second-order valence-electron chi connectivity index (χ2n) is 5.02. The van der Waals surface area contributed by atoms with Crippen molar-refractivity contribution in [2.75, 3.05) is 18.0 Å². The molecule has 1 saturated heterocycles. The van der Waals surface area contributed by atoms with E-state index in [0.29, 0.717) is 19.5 Å². The van der Waals surface area contributed by atoms with E-state index in [1.54, 1.807) is 4.90 Å². The van der Waals surface area contributed by atoms with Crippen LogP contribution in [-0.2, 0) is 9.59 Å². The maximum atomic E-state index is 12.1. The van der Waals surface area contributed by atoms with Gasteiger partial charge in [0, 0.05) is 25.2 Å². The van der Waals surface area contributed by atoms with E-state index in [9.17, 15) is 9.59 Å². The van der Waals surface area contributed by atoms with Gasteiger partial charge in [0.05, 0.1) is 5.92 Å². The molecule has 1 aliphatic rings. The summed E-state index contributed by atoms with van der Waals surface area (Å²) < 4.78 is 0. The van der Waals surface area contributed by atoms with Gasteiger partial charge in [-0.3, -0.25) is 9.59 Å². The fourth-order valence-corrected chi connectivity index (χ4v) is 2.46. The summed E-state index contributed by atoms with van der Waals surface area (Å²) in [4.78, 5) is 25.7. The number of nitrogens with zero attached hydrogens (tertiary/aromatic N) is 1. The number of carbonyl (C=O) groups excluding carboxylic acids is 2. The van der Waals surface area contributed by atoms with Crippen molar-refractivity contribution < 1.29 is 9.59 Å². The Bertz CT molecular complexity index is 511. The molecule has 0 radical (unpaired) electrons. The van der Waals surface area contributed by atoms with Crippen LogP contribution in [0.3, 0.4) is 0 Å². The zero-order chi connectivity index (χ0) is 14.0. The first kappa shape index (κ1) is 13.6. The maximum Gasteiger partial charge on any atom is 0.227 e. The summed E-state index contributed by atoms with van der Waals surface area (Å²) in [5, 5.41) is 2.79. The van der Waals surface area contributed by atoms with Crippen LogP contribution in [0.5, 0.6) is 0 Å². The lowest BCUT2D eigenvalue weighted by atomic mass is 10.1. The van der Waals surface area contributed by atoms with Crippen LogP contribution in [0.15, 0.2) is 18.2 Å². The third-order valence-electron chi connectivity index (χ3n) is 3.71. The second-order valence-corrected chi connectivity index (χ2v) is 5.02. The lowest BCUT2D eigenvalue weighted by Gasteiger charge is -2.20. The van der Waals surface area contributed by atoms with Gasteiger partial charge < -0.3 is 10.2 Å². The van der Waals surface area contributed by atoms with Gasteiger partial charge in [-0.15, -0.1) is 0 Å². The van der Waals surface area contributed by atoms with E-state index < -0.39 is 0 Å². The van der Waals surface area contributed by atoms with Crippen LogP contribution >= 0.6 is 0 Å². The molecule has 19 heavy (non-hydrogen) atoms. The van der Waals surface area contributed by atoms with Crippen molar-refractivity contribution in [2.45, 2.75) is 27.2 Å². The molecule has 0 saturated carbocycles. The highest BCUT2D eigenvalue weighted by molar-refractivity contribution is 6.00. The minimum absolute atomic E-state index is 0.0244. The normalized spacial score (nSPS) is 18.8. The molecule has 4 nitrogen and oxygen atoms in total. The fourth-order valence-electron chi connectivity index (χ4n) is 2.46. The van der Waals surface area contributed by atoms with Gasteiger partial charge in [0.15, 0.2) is 0 Å². The number of amides is 2. The Hall–Kier alpha value is -1.84. The molecule has 1 unspecified atom stereocenters. The van der Waals surface area contributed by atoms with E-state index >= 15 is 0 Å². The molecule has 102 valence electrons. The molecule has 2 rings (SSSR count). The van der Waals surface area contributed by atoms with Crippen LogP contribution in [-0.4, -0.2) is 24.9 Å². The van der Waals surface area contributed by atoms with E-state index in [-0.39, 0.29) is 17.7 Å². The van der Waals surface area contributed by atoms with Crippen LogP contribution in [0, 0.1) is 19.8 Å². The summed E-state index contributed by atoms with van der Waals surface area (Å²) in [6.07, 6.45) is 0.305. The zero-order valence-electron chi connectivity index (χ0n) is 11.7. The van der Waals surface area contributed by atoms with Crippen molar-refractivity contribution >= 4 is 17.5 Å². The van der Waals surface area contributed by atoms with Crippen molar-refractivity contribution in [3.63, 3.8) is 0 Å². The molecule has 2 amide bonds. The number of hydrogen-bond acceptors (Lipinski definition) is 2. The first-order valence-electron chi connectivity index (χ1n) is 6.69. The molecule has 0 aromatic heterocycles. The summed E-state index contributed by atoms with van der Waals surface area (Å²) in [5.74, 6) is -0.221. The van der Waals surface area contributed by atoms with E-state index in [4.69, 9.17) is 0 Å². The number of nitrogens with one attached hydrogen (secondary N) is 1. The third-order valence-corrected chi connectivity index (χ3v) is 3.71. The number of anilines is 1. The Morgan fingerprint density at radius 3 is 2.84 bits per heavy atom. The molecule has 1 fully saturated rings. The monoisotopic (exact) mass is 260 g/mol. The number of rotatable bonds is 3. The van der Waals surface area contributed by atoms with Gasteiger partial charge in [0.1, 0.15) is 0 Å². The van der Waals surface area contributed by atoms with Gasteiger partial charge in [-0.25, -0.2) is 0 Å². The Labute approximate surface area is 113 Å². The van der Waals surface area contributed by atoms with E-state index in [1.807, 2.05) is 39.0 Å². The number of aryl methyl sites for hydroxylation is 1. The molecule has 1 aromatic rings. The summed E-state index contributed by atoms with van der Waals surface area (Å²) in [6, 6.07) is 5.92.